The van der Waals surface area contributed by atoms with Gasteiger partial charge in [-0.3, -0.25) is 4.79 Å². The molecular weight excluding hydrogens is 398 g/mol. The molecule has 1 aliphatic heterocycles. The van der Waals surface area contributed by atoms with Gasteiger partial charge in [0.1, 0.15) is 11.9 Å². The van der Waals surface area contributed by atoms with Crippen molar-refractivity contribution < 1.29 is 14.3 Å². The van der Waals surface area contributed by atoms with Crippen molar-refractivity contribution in [1.82, 2.24) is 29.3 Å². The van der Waals surface area contributed by atoms with E-state index < -0.39 is 11.7 Å². The van der Waals surface area contributed by atoms with Gasteiger partial charge in [0.05, 0.1) is 24.7 Å². The summed E-state index contributed by atoms with van der Waals surface area (Å²) >= 11 is 0. The zero-order valence-corrected chi connectivity index (χ0v) is 18.6. The predicted molar refractivity (Wildman–Crippen MR) is 115 cm³/mol. The minimum absolute atomic E-state index is 0.126. The fourth-order valence-electron chi connectivity index (χ4n) is 4.43. The number of hydrogen-bond donors (Lipinski definition) is 0. The Labute approximate surface area is 181 Å². The van der Waals surface area contributed by atoms with Crippen molar-refractivity contribution >= 4 is 35.3 Å². The van der Waals surface area contributed by atoms with E-state index in [0.29, 0.717) is 23.4 Å². The maximum Gasteiger partial charge on any atom is 0.417 e. The van der Waals surface area contributed by atoms with Gasteiger partial charge in [-0.2, -0.15) is 0 Å². The highest BCUT2D eigenvalue weighted by atomic mass is 16.6. The maximum atomic E-state index is 12.9. The first-order valence-electron chi connectivity index (χ1n) is 10.6. The number of carbonyl (C=O) groups excluding carboxylic acids is 2. The largest absolute Gasteiger partial charge is 0.443 e. The summed E-state index contributed by atoms with van der Waals surface area (Å²) in [6, 6.07) is -0.422. The number of amides is 2. The number of rotatable bonds is 3. The van der Waals surface area contributed by atoms with Crippen LogP contribution in [0.4, 0.5) is 10.6 Å². The van der Waals surface area contributed by atoms with Crippen LogP contribution in [0.3, 0.4) is 0 Å². The second-order valence-electron chi connectivity index (χ2n) is 9.49. The molecule has 0 aromatic carbocycles. The van der Waals surface area contributed by atoms with Crippen molar-refractivity contribution in [2.45, 2.75) is 64.1 Å². The molecule has 2 aromatic heterocycles. The van der Waals surface area contributed by atoms with Gasteiger partial charge in [0.15, 0.2) is 17.0 Å². The van der Waals surface area contributed by atoms with Crippen LogP contribution in [0.25, 0.3) is 11.2 Å². The fourth-order valence-corrected chi connectivity index (χ4v) is 4.43. The molecule has 3 heterocycles. The van der Waals surface area contributed by atoms with Crippen LogP contribution in [0.15, 0.2) is 17.6 Å². The molecule has 166 valence electrons. The molecule has 1 saturated carbocycles. The lowest BCUT2D eigenvalue weighted by molar-refractivity contribution is -0.140. The Morgan fingerprint density at radius 3 is 2.71 bits per heavy atom. The van der Waals surface area contributed by atoms with E-state index in [9.17, 15) is 9.59 Å². The van der Waals surface area contributed by atoms with E-state index in [1.807, 2.05) is 23.6 Å². The molecule has 2 aromatic rings. The van der Waals surface area contributed by atoms with Gasteiger partial charge < -0.3 is 14.2 Å². The summed E-state index contributed by atoms with van der Waals surface area (Å²) in [5.41, 5.74) is 0.562. The standard InChI is InChI=1S/C21H29N7O3/c1-21(2,3)31-20(30)28-15-8-13(9-16(28)29)6-7-14(15)27-12-24-17-18(25-11-26(4)5)22-10-23-19(17)27/h10-15H,6-9H2,1-5H3/b25-11-/t13-,14-,15-/m1/s1. The molecule has 3 atom stereocenters. The summed E-state index contributed by atoms with van der Waals surface area (Å²) < 4.78 is 7.52. The number of imide groups is 1. The average molecular weight is 428 g/mol. The summed E-state index contributed by atoms with van der Waals surface area (Å²) in [6.45, 7) is 5.41. The first-order chi connectivity index (χ1) is 14.6. The third-order valence-electron chi connectivity index (χ3n) is 5.65. The van der Waals surface area contributed by atoms with Crippen molar-refractivity contribution in [3.05, 3.63) is 12.7 Å². The molecule has 2 aliphatic rings. The van der Waals surface area contributed by atoms with Gasteiger partial charge in [0, 0.05) is 20.5 Å². The topological polar surface area (TPSA) is 106 Å². The van der Waals surface area contributed by atoms with Crippen LogP contribution in [0.2, 0.25) is 0 Å². The highest BCUT2D eigenvalue weighted by molar-refractivity contribution is 5.93. The molecule has 2 amide bonds. The van der Waals surface area contributed by atoms with E-state index in [0.717, 1.165) is 19.3 Å². The number of aliphatic imine (C=N–C) groups is 1. The lowest BCUT2D eigenvalue weighted by Gasteiger charge is -2.46. The van der Waals surface area contributed by atoms with Crippen molar-refractivity contribution in [2.75, 3.05) is 14.1 Å². The maximum absolute atomic E-state index is 12.9. The summed E-state index contributed by atoms with van der Waals surface area (Å²) in [5.74, 6) is 0.600. The van der Waals surface area contributed by atoms with Gasteiger partial charge in [-0.25, -0.2) is 29.6 Å². The third-order valence-corrected chi connectivity index (χ3v) is 5.65. The van der Waals surface area contributed by atoms with Crippen molar-refractivity contribution in [3.63, 3.8) is 0 Å². The van der Waals surface area contributed by atoms with Crippen LogP contribution in [0, 0.1) is 5.92 Å². The minimum atomic E-state index is -0.674. The molecule has 10 nitrogen and oxygen atoms in total. The molecule has 0 spiro atoms. The lowest BCUT2D eigenvalue weighted by Crippen LogP contribution is -2.56. The Morgan fingerprint density at radius 1 is 1.23 bits per heavy atom. The first kappa shape index (κ1) is 21.2. The molecular formula is C21H29N7O3. The lowest BCUT2D eigenvalue weighted by atomic mass is 9.76. The van der Waals surface area contributed by atoms with Crippen LogP contribution >= 0.6 is 0 Å². The summed E-state index contributed by atoms with van der Waals surface area (Å²) in [5, 5.41) is 0. The molecule has 31 heavy (non-hydrogen) atoms. The summed E-state index contributed by atoms with van der Waals surface area (Å²) in [7, 11) is 3.76. The van der Waals surface area contributed by atoms with E-state index in [1.54, 1.807) is 33.4 Å². The summed E-state index contributed by atoms with van der Waals surface area (Å²) in [4.78, 5) is 46.5. The Balaban J connectivity index is 1.70. The van der Waals surface area contributed by atoms with Gasteiger partial charge in [0.25, 0.3) is 0 Å². The molecule has 0 radical (unpaired) electrons. The second-order valence-corrected chi connectivity index (χ2v) is 9.49. The number of ether oxygens (including phenoxy) is 1. The smallest absolute Gasteiger partial charge is 0.417 e. The third kappa shape index (κ3) is 4.24. The zero-order valence-electron chi connectivity index (χ0n) is 18.6. The number of imidazole rings is 1. The van der Waals surface area contributed by atoms with E-state index >= 15 is 0 Å². The quantitative estimate of drug-likeness (QED) is 0.548. The van der Waals surface area contributed by atoms with Crippen LogP contribution in [0.1, 0.15) is 52.5 Å². The first-order valence-corrected chi connectivity index (χ1v) is 10.6. The van der Waals surface area contributed by atoms with Crippen molar-refractivity contribution in [2.24, 2.45) is 10.9 Å². The number of likely N-dealkylation sites (tertiary alicyclic amines) is 1. The Kier molecular flexibility index (Phi) is 5.40. The van der Waals surface area contributed by atoms with Gasteiger partial charge in [-0.05, 0) is 46.0 Å². The van der Waals surface area contributed by atoms with Gasteiger partial charge >= 0.3 is 6.09 Å². The van der Waals surface area contributed by atoms with Crippen LogP contribution in [0.5, 0.6) is 0 Å². The molecule has 1 aliphatic carbocycles. The summed E-state index contributed by atoms with van der Waals surface area (Å²) in [6.07, 6.45) is 7.15. The van der Waals surface area contributed by atoms with Crippen LogP contribution < -0.4 is 0 Å². The van der Waals surface area contributed by atoms with E-state index in [2.05, 4.69) is 19.9 Å². The molecule has 2 fully saturated rings. The van der Waals surface area contributed by atoms with E-state index in [1.165, 1.54) is 11.2 Å². The van der Waals surface area contributed by atoms with Gasteiger partial charge in [0.2, 0.25) is 5.91 Å². The number of fused-ring (bicyclic) bond motifs is 3. The number of hydrogen-bond acceptors (Lipinski definition) is 7. The molecule has 0 unspecified atom stereocenters. The normalized spacial score (nSPS) is 24.1. The van der Waals surface area contributed by atoms with E-state index in [4.69, 9.17) is 4.74 Å². The fraction of sp³-hybridized carbons (Fsp3) is 0.619. The molecule has 10 heteroatoms. The minimum Gasteiger partial charge on any atom is -0.443 e. The average Bonchev–Trinajstić information content (AvgIpc) is 3.09. The Morgan fingerprint density at radius 2 is 2.00 bits per heavy atom. The Hall–Kier alpha value is -3.04. The zero-order chi connectivity index (χ0) is 22.3. The number of aromatic nitrogens is 4. The van der Waals surface area contributed by atoms with Crippen molar-refractivity contribution in [3.8, 4) is 0 Å². The number of carbonyl (C=O) groups is 2. The predicted octanol–water partition coefficient (Wildman–Crippen LogP) is 2.92. The van der Waals surface area contributed by atoms with Gasteiger partial charge in [-0.1, -0.05) is 0 Å². The molecule has 1 saturated heterocycles. The number of piperidine rings is 1. The second kappa shape index (κ2) is 7.90. The number of nitrogens with zero attached hydrogens (tertiary/aromatic N) is 7. The van der Waals surface area contributed by atoms with Gasteiger partial charge in [-0.15, -0.1) is 0 Å². The SMILES string of the molecule is CN(C)/C=N\c1ncnc2c1ncn2[C@@H]1CC[C@H]2CC(=O)N(C(=O)OC(C)(C)C)[C@@H]1C2. The molecule has 0 N–H and O–H groups in total. The molecule has 2 bridgehead atoms. The van der Waals surface area contributed by atoms with Crippen LogP contribution in [-0.4, -0.2) is 73.4 Å². The van der Waals surface area contributed by atoms with Crippen molar-refractivity contribution in [1.29, 1.82) is 0 Å². The highest BCUT2D eigenvalue weighted by Gasteiger charge is 2.47. The Bertz CT molecular complexity index is 1020. The van der Waals surface area contributed by atoms with Crippen LogP contribution in [-0.2, 0) is 9.53 Å². The van der Waals surface area contributed by atoms with E-state index in [-0.39, 0.29) is 23.9 Å². The monoisotopic (exact) mass is 427 g/mol. The highest BCUT2D eigenvalue weighted by Crippen LogP contribution is 2.42. The molecule has 4 rings (SSSR count).